The van der Waals surface area contributed by atoms with Crippen LogP contribution in [0.1, 0.15) is 54.1 Å². The monoisotopic (exact) mass is 473 g/mol. The number of aryl methyl sites for hydroxylation is 6. The molecule has 0 aliphatic rings. The maximum Gasteiger partial charge on any atom is 0.467 e. The van der Waals surface area contributed by atoms with Crippen molar-refractivity contribution in [2.45, 2.75) is 41.5 Å². The Balaban J connectivity index is 0.00000385. The van der Waals surface area contributed by atoms with E-state index in [1.54, 1.807) is 45.9 Å². The van der Waals surface area contributed by atoms with Crippen LogP contribution in [0.3, 0.4) is 0 Å². The molecule has 0 atom stereocenters. The summed E-state index contributed by atoms with van der Waals surface area (Å²) >= 11 is 0. The molecule has 0 amide bonds. The van der Waals surface area contributed by atoms with Gasteiger partial charge in [-0.15, -0.1) is 0 Å². The summed E-state index contributed by atoms with van der Waals surface area (Å²) in [7, 11) is -4.32. The first-order chi connectivity index (χ1) is 15.0. The molecule has 5 nitrogen and oxygen atoms in total. The number of benzene rings is 3. The van der Waals surface area contributed by atoms with Gasteiger partial charge in [-0.2, -0.15) is 0 Å². The molecule has 3 aromatic carbocycles. The predicted octanol–water partition coefficient (Wildman–Crippen LogP) is 5.69. The first kappa shape index (κ1) is 27.1. The quantitative estimate of drug-likeness (QED) is 0.352. The molecule has 0 aliphatic carbocycles. The third-order valence-electron chi connectivity index (χ3n) is 5.24. The van der Waals surface area contributed by atoms with Crippen LogP contribution < -0.4 is 5.30 Å². The van der Waals surface area contributed by atoms with Crippen molar-refractivity contribution in [1.82, 2.24) is 0 Å². The fourth-order valence-corrected chi connectivity index (χ4v) is 5.45. The van der Waals surface area contributed by atoms with Gasteiger partial charge in [0.05, 0.1) is 16.4 Å². The fourth-order valence-electron chi connectivity index (χ4n) is 4.05. The molecule has 7 heteroatoms. The van der Waals surface area contributed by atoms with Crippen LogP contribution in [0, 0.1) is 41.5 Å². The predicted molar refractivity (Wildman–Crippen MR) is 132 cm³/mol. The van der Waals surface area contributed by atoms with Crippen molar-refractivity contribution in [3.05, 3.63) is 99.1 Å². The Morgan fingerprint density at radius 2 is 0.970 bits per heavy atom. The van der Waals surface area contributed by atoms with Crippen molar-refractivity contribution in [3.63, 3.8) is 0 Å². The molecule has 0 saturated heterocycles. The Morgan fingerprint density at radius 3 is 1.30 bits per heavy atom. The summed E-state index contributed by atoms with van der Waals surface area (Å²) in [6, 6.07) is 15.5. The molecule has 0 N–H and O–H groups in total. The van der Waals surface area contributed by atoms with Gasteiger partial charge in [0, 0.05) is 29.6 Å². The second kappa shape index (κ2) is 10.8. The Kier molecular flexibility index (Phi) is 8.89. The molecular weight excluding hydrogens is 446 g/mol. The van der Waals surface area contributed by atoms with E-state index in [0.29, 0.717) is 33.4 Å². The minimum absolute atomic E-state index is 0. The van der Waals surface area contributed by atoms with E-state index in [2.05, 4.69) is 0 Å². The molecular formula is C26H27NaO5P. The van der Waals surface area contributed by atoms with Crippen molar-refractivity contribution in [2.24, 2.45) is 0 Å². The van der Waals surface area contributed by atoms with Crippen LogP contribution in [0.5, 0.6) is 0 Å². The molecule has 0 unspecified atom stereocenters. The zero-order valence-corrected chi connectivity index (χ0v) is 23.1. The molecule has 1 radical (unpaired) electrons. The summed E-state index contributed by atoms with van der Waals surface area (Å²) < 4.78 is 24.8. The van der Waals surface area contributed by atoms with E-state index in [0.717, 1.165) is 11.1 Å². The van der Waals surface area contributed by atoms with Crippen LogP contribution in [0.15, 0.2) is 54.6 Å². The van der Waals surface area contributed by atoms with Gasteiger partial charge in [0.1, 0.15) is 0 Å². The van der Waals surface area contributed by atoms with Gasteiger partial charge in [-0.05, 0) is 75.9 Å². The van der Waals surface area contributed by atoms with Crippen LogP contribution >= 0.6 is 7.60 Å². The minimum Gasteiger partial charge on any atom is -0.376 e. The summed E-state index contributed by atoms with van der Waals surface area (Å²) in [6.07, 6.45) is 0. The molecule has 0 saturated carbocycles. The molecule has 0 bridgehead atoms. The van der Waals surface area contributed by atoms with Crippen molar-refractivity contribution >= 4 is 54.4 Å². The molecule has 3 rings (SSSR count). The van der Waals surface area contributed by atoms with Crippen molar-refractivity contribution < 1.29 is 23.2 Å². The van der Waals surface area contributed by atoms with E-state index < -0.39 is 19.5 Å². The molecule has 3 aromatic rings. The summed E-state index contributed by atoms with van der Waals surface area (Å²) in [5.74, 6) is -1.59. The van der Waals surface area contributed by atoms with Crippen molar-refractivity contribution in [1.29, 1.82) is 0 Å². The van der Waals surface area contributed by atoms with Crippen LogP contribution in [0.4, 0.5) is 0 Å². The van der Waals surface area contributed by atoms with Gasteiger partial charge < -0.3 is 9.05 Å². The third-order valence-corrected chi connectivity index (χ3v) is 6.98. The van der Waals surface area contributed by atoms with E-state index in [-0.39, 0.29) is 34.9 Å². The van der Waals surface area contributed by atoms with Gasteiger partial charge in [-0.1, -0.05) is 53.6 Å². The third kappa shape index (κ3) is 6.04. The topological polar surface area (TPSA) is 69.7 Å². The first-order valence-corrected chi connectivity index (χ1v) is 11.9. The van der Waals surface area contributed by atoms with Crippen molar-refractivity contribution in [3.8, 4) is 0 Å². The fraction of sp³-hybridized carbons (Fsp3) is 0.231. The Hall–Kier alpha value is -2.17. The number of carbonyl (C=O) groups excluding carboxylic acids is 2. The maximum atomic E-state index is 13.9. The Bertz CT molecular complexity index is 1130. The van der Waals surface area contributed by atoms with E-state index in [9.17, 15) is 14.2 Å². The van der Waals surface area contributed by atoms with Crippen molar-refractivity contribution in [2.75, 3.05) is 0 Å². The molecule has 33 heavy (non-hydrogen) atoms. The van der Waals surface area contributed by atoms with Crippen LogP contribution in [-0.4, -0.2) is 41.5 Å². The van der Waals surface area contributed by atoms with Crippen LogP contribution in [0.2, 0.25) is 0 Å². The zero-order chi connectivity index (χ0) is 23.6. The standard InChI is InChI=1S/C26H27O5P.Na/c1-16-12-18(3)23(19(4)13-16)25(27)30-32(29,22-10-8-7-9-11-22)31-26(28)24-20(5)14-17(2)15-21(24)6;/h7-15H,1-6H3;. The second-order valence-corrected chi connectivity index (χ2v) is 10.0. The van der Waals surface area contributed by atoms with E-state index in [1.165, 1.54) is 12.1 Å². The SMILES string of the molecule is Cc1cc(C)c(C(=O)OP(=O)(OC(=O)c2c(C)cc(C)cc2C)c2ccccc2)c(C)c1.[Na]. The first-order valence-electron chi connectivity index (χ1n) is 10.3. The number of hydrogen-bond donors (Lipinski definition) is 0. The Morgan fingerprint density at radius 1 is 0.636 bits per heavy atom. The summed E-state index contributed by atoms with van der Waals surface area (Å²) in [4.78, 5) is 26.2. The second-order valence-electron chi connectivity index (χ2n) is 8.14. The maximum absolute atomic E-state index is 13.9. The zero-order valence-electron chi connectivity index (χ0n) is 20.2. The van der Waals surface area contributed by atoms with E-state index in [4.69, 9.17) is 9.05 Å². The Labute approximate surface area is 217 Å². The van der Waals surface area contributed by atoms with Gasteiger partial charge in [-0.25, -0.2) is 14.2 Å². The minimum atomic E-state index is -4.32. The average molecular weight is 473 g/mol. The normalized spacial score (nSPS) is 10.8. The van der Waals surface area contributed by atoms with Gasteiger partial charge in [-0.3, -0.25) is 0 Å². The number of hydrogen-bond acceptors (Lipinski definition) is 5. The summed E-state index contributed by atoms with van der Waals surface area (Å²) in [5.41, 5.74) is 5.41. The molecule has 167 valence electrons. The smallest absolute Gasteiger partial charge is 0.376 e. The average Bonchev–Trinajstić information content (AvgIpc) is 2.66. The largest absolute Gasteiger partial charge is 0.467 e. The van der Waals surface area contributed by atoms with Gasteiger partial charge >= 0.3 is 19.5 Å². The summed E-state index contributed by atoms with van der Waals surface area (Å²) in [5, 5.41) is 0.131. The molecule has 0 heterocycles. The van der Waals surface area contributed by atoms with Gasteiger partial charge in [0.2, 0.25) is 0 Å². The van der Waals surface area contributed by atoms with Gasteiger partial charge in [0.15, 0.2) is 0 Å². The van der Waals surface area contributed by atoms with Crippen LogP contribution in [-0.2, 0) is 13.6 Å². The molecule has 0 aliphatic heterocycles. The van der Waals surface area contributed by atoms with Gasteiger partial charge in [0.25, 0.3) is 0 Å². The molecule has 0 aromatic heterocycles. The number of carbonyl (C=O) groups is 2. The molecule has 0 fully saturated rings. The van der Waals surface area contributed by atoms with E-state index >= 15 is 0 Å². The van der Waals surface area contributed by atoms with Crippen LogP contribution in [0.25, 0.3) is 0 Å². The number of rotatable bonds is 5. The van der Waals surface area contributed by atoms with E-state index in [1.807, 2.05) is 38.1 Å². The molecule has 0 spiro atoms. The summed E-state index contributed by atoms with van der Waals surface area (Å²) in [6.45, 7) is 11.0.